The lowest BCUT2D eigenvalue weighted by atomic mass is 9.90. The molecule has 0 unspecified atom stereocenters. The van der Waals surface area contributed by atoms with Crippen molar-refractivity contribution in [1.29, 1.82) is 0 Å². The van der Waals surface area contributed by atoms with Crippen molar-refractivity contribution in [2.75, 3.05) is 26.2 Å². The van der Waals surface area contributed by atoms with Crippen LogP contribution < -0.4 is 0 Å². The molecule has 0 amide bonds. The second-order valence-electron chi connectivity index (χ2n) is 7.01. The highest BCUT2D eigenvalue weighted by atomic mass is 15.2. The van der Waals surface area contributed by atoms with E-state index in [9.17, 15) is 0 Å². The average molecular weight is 250 g/mol. The fourth-order valence-corrected chi connectivity index (χ4v) is 3.26. The predicted octanol–water partition coefficient (Wildman–Crippen LogP) is 3.50. The van der Waals surface area contributed by atoms with Crippen LogP contribution in [0.5, 0.6) is 0 Å². The summed E-state index contributed by atoms with van der Waals surface area (Å²) in [5.74, 6) is 0. The summed E-state index contributed by atoms with van der Waals surface area (Å²) < 4.78 is 0. The lowest BCUT2D eigenvalue weighted by molar-refractivity contribution is 0.0975. The van der Waals surface area contributed by atoms with E-state index in [1.54, 1.807) is 0 Å². The van der Waals surface area contributed by atoms with Crippen LogP contribution >= 0.6 is 0 Å². The van der Waals surface area contributed by atoms with Gasteiger partial charge in [-0.3, -0.25) is 0 Å². The highest BCUT2D eigenvalue weighted by Crippen LogP contribution is 2.30. The summed E-state index contributed by atoms with van der Waals surface area (Å²) in [4.78, 5) is 5.25. The van der Waals surface area contributed by atoms with Gasteiger partial charge in [0.25, 0.3) is 0 Å². The maximum Gasteiger partial charge on any atom is 0.0189 e. The summed E-state index contributed by atoms with van der Waals surface area (Å²) in [6.45, 7) is 16.2. The number of hydrogen-bond donors (Lipinski definition) is 0. The lowest BCUT2D eigenvalue weighted by Gasteiger charge is -2.43. The van der Waals surface area contributed by atoms with Gasteiger partial charge in [-0.05, 0) is 38.8 Å². The number of likely N-dealkylation sites (tertiary alicyclic amines) is 2. The number of hydrogen-bond acceptors (Lipinski definition) is 2. The molecule has 0 spiro atoms. The van der Waals surface area contributed by atoms with Gasteiger partial charge in [0.05, 0.1) is 0 Å². The van der Waals surface area contributed by atoms with E-state index in [0.717, 1.165) is 6.04 Å². The zero-order chi connectivity index (χ0) is 13.2. The van der Waals surface area contributed by atoms with Gasteiger partial charge >= 0.3 is 0 Å². The van der Waals surface area contributed by atoms with Gasteiger partial charge in [-0.25, -0.2) is 0 Å². The van der Waals surface area contributed by atoms with Crippen LogP contribution in [-0.4, -0.2) is 42.0 Å². The molecule has 2 nitrogen and oxygen atoms in total. The summed E-state index contributed by atoms with van der Waals surface area (Å²) in [5.41, 5.74) is 1.54. The summed E-state index contributed by atoms with van der Waals surface area (Å²) in [7, 11) is 0. The Labute approximate surface area is 113 Å². The second kappa shape index (κ2) is 5.64. The van der Waals surface area contributed by atoms with E-state index < -0.39 is 0 Å². The van der Waals surface area contributed by atoms with Crippen LogP contribution in [-0.2, 0) is 0 Å². The third kappa shape index (κ3) is 3.28. The van der Waals surface area contributed by atoms with Gasteiger partial charge in [-0.1, -0.05) is 33.8 Å². The SMILES string of the molecule is C=C(N1CCC(N2CCCCC2)CC1)C(C)(C)C. The Morgan fingerprint density at radius 1 is 0.944 bits per heavy atom. The minimum atomic E-state index is 0.220. The molecule has 2 aliphatic rings. The molecule has 104 valence electrons. The minimum Gasteiger partial charge on any atom is -0.375 e. The molecular weight excluding hydrogens is 220 g/mol. The third-order valence-corrected chi connectivity index (χ3v) is 4.62. The first-order chi connectivity index (χ1) is 8.48. The van der Waals surface area contributed by atoms with Crippen molar-refractivity contribution in [3.8, 4) is 0 Å². The molecule has 0 saturated carbocycles. The molecule has 2 heteroatoms. The first-order valence-electron chi connectivity index (χ1n) is 7.67. The predicted molar refractivity (Wildman–Crippen MR) is 78.6 cm³/mol. The van der Waals surface area contributed by atoms with E-state index >= 15 is 0 Å². The molecule has 0 radical (unpaired) electrons. The molecule has 2 saturated heterocycles. The van der Waals surface area contributed by atoms with Crippen molar-refractivity contribution in [3.05, 3.63) is 12.3 Å². The van der Waals surface area contributed by atoms with Gasteiger partial charge in [-0.2, -0.15) is 0 Å². The standard InChI is InChI=1S/C16H30N2/c1-14(16(2,3)4)17-12-8-15(9-13-17)18-10-6-5-7-11-18/h15H,1,5-13H2,2-4H3. The van der Waals surface area contributed by atoms with Crippen molar-refractivity contribution in [3.63, 3.8) is 0 Å². The fraction of sp³-hybridized carbons (Fsp3) is 0.875. The van der Waals surface area contributed by atoms with Crippen LogP contribution in [0.3, 0.4) is 0 Å². The number of allylic oxidation sites excluding steroid dienone is 1. The first kappa shape index (κ1) is 13.9. The number of nitrogens with zero attached hydrogens (tertiary/aromatic N) is 2. The molecule has 0 aromatic carbocycles. The van der Waals surface area contributed by atoms with Crippen LogP contribution in [0.25, 0.3) is 0 Å². The highest BCUT2D eigenvalue weighted by molar-refractivity contribution is 5.05. The first-order valence-corrected chi connectivity index (χ1v) is 7.67. The molecule has 18 heavy (non-hydrogen) atoms. The molecule has 2 aliphatic heterocycles. The van der Waals surface area contributed by atoms with Gasteiger partial charge in [-0.15, -0.1) is 0 Å². The van der Waals surface area contributed by atoms with Crippen LogP contribution in [0.15, 0.2) is 12.3 Å². The van der Waals surface area contributed by atoms with Crippen molar-refractivity contribution >= 4 is 0 Å². The molecule has 0 aromatic heterocycles. The summed E-state index contributed by atoms with van der Waals surface area (Å²) in [5, 5.41) is 0. The molecule has 0 N–H and O–H groups in total. The third-order valence-electron chi connectivity index (χ3n) is 4.62. The molecule has 0 atom stereocenters. The van der Waals surface area contributed by atoms with Crippen molar-refractivity contribution in [2.45, 2.75) is 58.9 Å². The number of rotatable bonds is 2. The van der Waals surface area contributed by atoms with Gasteiger partial charge in [0.1, 0.15) is 0 Å². The molecule has 0 aromatic rings. The van der Waals surface area contributed by atoms with Gasteiger partial charge in [0.2, 0.25) is 0 Å². The molecule has 2 fully saturated rings. The number of piperidine rings is 2. The Hall–Kier alpha value is -0.500. The van der Waals surface area contributed by atoms with E-state index in [0.29, 0.717) is 0 Å². The molecule has 0 aliphatic carbocycles. The molecule has 0 bridgehead atoms. The van der Waals surface area contributed by atoms with E-state index in [2.05, 4.69) is 37.1 Å². The quantitative estimate of drug-likeness (QED) is 0.740. The summed E-state index contributed by atoms with van der Waals surface area (Å²) in [6, 6.07) is 0.842. The van der Waals surface area contributed by atoms with Crippen molar-refractivity contribution in [2.24, 2.45) is 5.41 Å². The van der Waals surface area contributed by atoms with E-state index in [-0.39, 0.29) is 5.41 Å². The van der Waals surface area contributed by atoms with E-state index in [4.69, 9.17) is 0 Å². The maximum atomic E-state index is 4.30. The Morgan fingerprint density at radius 3 is 2.00 bits per heavy atom. The zero-order valence-corrected chi connectivity index (χ0v) is 12.5. The van der Waals surface area contributed by atoms with Crippen LogP contribution in [0.2, 0.25) is 0 Å². The largest absolute Gasteiger partial charge is 0.375 e. The van der Waals surface area contributed by atoms with Gasteiger partial charge in [0, 0.05) is 30.2 Å². The normalized spacial score (nSPS) is 24.3. The smallest absolute Gasteiger partial charge is 0.0189 e. The van der Waals surface area contributed by atoms with E-state index in [1.807, 2.05) is 0 Å². The van der Waals surface area contributed by atoms with Crippen LogP contribution in [0.1, 0.15) is 52.9 Å². The van der Waals surface area contributed by atoms with Crippen molar-refractivity contribution in [1.82, 2.24) is 9.80 Å². The Bertz CT molecular complexity index is 276. The van der Waals surface area contributed by atoms with E-state index in [1.165, 1.54) is 64.0 Å². The van der Waals surface area contributed by atoms with Gasteiger partial charge < -0.3 is 9.80 Å². The Kier molecular flexibility index (Phi) is 4.37. The molecular formula is C16H30N2. The molecule has 2 rings (SSSR count). The summed E-state index contributed by atoms with van der Waals surface area (Å²) in [6.07, 6.45) is 6.92. The monoisotopic (exact) mass is 250 g/mol. The fourth-order valence-electron chi connectivity index (χ4n) is 3.26. The zero-order valence-electron chi connectivity index (χ0n) is 12.5. The Balaban J connectivity index is 1.82. The average Bonchev–Trinajstić information content (AvgIpc) is 2.38. The van der Waals surface area contributed by atoms with Gasteiger partial charge in [0.15, 0.2) is 0 Å². The van der Waals surface area contributed by atoms with Crippen LogP contribution in [0.4, 0.5) is 0 Å². The highest BCUT2D eigenvalue weighted by Gasteiger charge is 2.28. The maximum absolute atomic E-state index is 4.30. The summed E-state index contributed by atoms with van der Waals surface area (Å²) >= 11 is 0. The Morgan fingerprint density at radius 2 is 1.50 bits per heavy atom. The lowest BCUT2D eigenvalue weighted by Crippen LogP contribution is -2.47. The van der Waals surface area contributed by atoms with Crippen LogP contribution in [0, 0.1) is 5.41 Å². The second-order valence-corrected chi connectivity index (χ2v) is 7.01. The minimum absolute atomic E-state index is 0.220. The topological polar surface area (TPSA) is 6.48 Å². The van der Waals surface area contributed by atoms with Crippen molar-refractivity contribution < 1.29 is 0 Å². The molecule has 2 heterocycles.